The van der Waals surface area contributed by atoms with Crippen molar-refractivity contribution in [2.75, 3.05) is 11.3 Å². The Hall–Kier alpha value is 0.331. The van der Waals surface area contributed by atoms with Gasteiger partial charge in [-0.1, -0.05) is 15.9 Å². The molecule has 0 aliphatic carbocycles. The smallest absolute Gasteiger partial charge is 0.448 e. The summed E-state index contributed by atoms with van der Waals surface area (Å²) in [5.74, 6) is -2.01. The Balaban J connectivity index is 0.00000180. The topological polar surface area (TPSA) is 37.4 Å². The third-order valence-electron chi connectivity index (χ3n) is 2.61. The molecule has 96 valence electrons. The molecule has 1 aliphatic rings. The number of fused-ring (bicyclic) bond motifs is 1. The molecule has 1 aromatic rings. The molecule has 0 atom stereocenters. The fraction of sp³-hybridized carbons (Fsp3) is 0.200. The van der Waals surface area contributed by atoms with Gasteiger partial charge in [0.15, 0.2) is 0 Å². The molecule has 9 heteroatoms. The molecule has 0 aromatic heterocycles. The van der Waals surface area contributed by atoms with Crippen LogP contribution in [0, 0.1) is 6.92 Å². The van der Waals surface area contributed by atoms with Gasteiger partial charge in [0.05, 0.1) is 11.3 Å². The van der Waals surface area contributed by atoms with E-state index in [9.17, 15) is 22.5 Å². The first kappa shape index (κ1) is 17.4. The maximum absolute atomic E-state index is 12.5. The SMILES string of the molecule is Cc1cc(Br)cc2c1N(C[B-](F)(F)F)C(=O)C2=O.[K+]. The third-order valence-corrected chi connectivity index (χ3v) is 3.07. The molecule has 0 radical (unpaired) electrons. The summed E-state index contributed by atoms with van der Waals surface area (Å²) in [7, 11) is 0. The van der Waals surface area contributed by atoms with Gasteiger partial charge < -0.3 is 17.8 Å². The summed E-state index contributed by atoms with van der Waals surface area (Å²) in [5.41, 5.74) is 0.540. The van der Waals surface area contributed by atoms with Crippen molar-refractivity contribution in [3.8, 4) is 0 Å². The Morgan fingerprint density at radius 1 is 1.26 bits per heavy atom. The van der Waals surface area contributed by atoms with Crippen LogP contribution in [0.15, 0.2) is 16.6 Å². The molecule has 0 spiro atoms. The summed E-state index contributed by atoms with van der Waals surface area (Å²) in [4.78, 5) is 23.7. The Morgan fingerprint density at radius 2 is 1.84 bits per heavy atom. The standard InChI is InChI=1S/C10H7BBrF3NO2.K/c1-5-2-6(12)3-7-8(5)16(4-11(13,14)15)10(18)9(7)17;/h2-3H,4H2,1H3;/q-1;+1. The molecular weight excluding hydrogens is 353 g/mol. The van der Waals surface area contributed by atoms with Crippen molar-refractivity contribution in [3.63, 3.8) is 0 Å². The number of benzene rings is 1. The number of Topliss-reactive ketones (excluding diaryl/α,β-unsaturated/α-hetero) is 1. The van der Waals surface area contributed by atoms with Gasteiger partial charge in [-0.05, 0) is 31.1 Å². The fourth-order valence-electron chi connectivity index (χ4n) is 1.99. The minimum atomic E-state index is -5.18. The number of anilines is 1. The first-order valence-corrected chi connectivity index (χ1v) is 5.87. The molecule has 1 aliphatic heterocycles. The van der Waals surface area contributed by atoms with Gasteiger partial charge in [-0.2, -0.15) is 0 Å². The molecule has 2 rings (SSSR count). The maximum Gasteiger partial charge on any atom is 1.00 e. The molecule has 19 heavy (non-hydrogen) atoms. The number of rotatable bonds is 2. The largest absolute Gasteiger partial charge is 1.00 e. The second-order valence-electron chi connectivity index (χ2n) is 4.07. The van der Waals surface area contributed by atoms with Crippen LogP contribution in [-0.2, 0) is 4.79 Å². The molecule has 1 heterocycles. The van der Waals surface area contributed by atoms with Gasteiger partial charge in [-0.3, -0.25) is 9.59 Å². The molecule has 1 amide bonds. The average molecular weight is 360 g/mol. The van der Waals surface area contributed by atoms with Crippen LogP contribution >= 0.6 is 15.9 Å². The van der Waals surface area contributed by atoms with Crippen LogP contribution < -0.4 is 56.3 Å². The number of hydrogen-bond acceptors (Lipinski definition) is 2. The van der Waals surface area contributed by atoms with Crippen LogP contribution in [0.3, 0.4) is 0 Å². The molecule has 0 unspecified atom stereocenters. The summed E-state index contributed by atoms with van der Waals surface area (Å²) in [6.45, 7) is -3.62. The second-order valence-corrected chi connectivity index (χ2v) is 4.99. The minimum absolute atomic E-state index is 0. The molecule has 3 nitrogen and oxygen atoms in total. The molecule has 0 bridgehead atoms. The number of amides is 1. The number of carbonyl (C=O) groups is 2. The van der Waals surface area contributed by atoms with Crippen molar-refractivity contribution < 1.29 is 73.9 Å². The minimum Gasteiger partial charge on any atom is -0.448 e. The predicted molar refractivity (Wildman–Crippen MR) is 64.6 cm³/mol. The zero-order valence-corrected chi connectivity index (χ0v) is 14.9. The van der Waals surface area contributed by atoms with E-state index in [0.717, 1.165) is 0 Å². The van der Waals surface area contributed by atoms with Crippen molar-refractivity contribution in [2.45, 2.75) is 6.92 Å². The zero-order chi connectivity index (χ0) is 13.7. The Morgan fingerprint density at radius 3 is 2.37 bits per heavy atom. The van der Waals surface area contributed by atoms with Gasteiger partial charge in [0.25, 0.3) is 11.7 Å². The average Bonchev–Trinajstić information content (AvgIpc) is 2.42. The number of halogens is 4. The van der Waals surface area contributed by atoms with E-state index < -0.39 is 25.1 Å². The van der Waals surface area contributed by atoms with Crippen LogP contribution in [0.1, 0.15) is 15.9 Å². The van der Waals surface area contributed by atoms with E-state index in [1.807, 2.05) is 0 Å². The number of hydrogen-bond donors (Lipinski definition) is 0. The van der Waals surface area contributed by atoms with Crippen molar-refractivity contribution in [1.82, 2.24) is 0 Å². The quantitative estimate of drug-likeness (QED) is 0.536. The van der Waals surface area contributed by atoms with Crippen molar-refractivity contribution in [3.05, 3.63) is 27.7 Å². The van der Waals surface area contributed by atoms with Crippen LogP contribution in [0.5, 0.6) is 0 Å². The third kappa shape index (κ3) is 3.51. The van der Waals surface area contributed by atoms with E-state index in [4.69, 9.17) is 0 Å². The monoisotopic (exact) mass is 359 g/mol. The zero-order valence-electron chi connectivity index (χ0n) is 10.2. The number of carbonyl (C=O) groups excluding carboxylic acids is 2. The molecular formula is C10H7BBrF3KNO2. The molecule has 0 N–H and O–H groups in total. The van der Waals surface area contributed by atoms with Crippen molar-refractivity contribution in [1.29, 1.82) is 0 Å². The van der Waals surface area contributed by atoms with Gasteiger partial charge in [-0.25, -0.2) is 0 Å². The van der Waals surface area contributed by atoms with E-state index in [-0.39, 0.29) is 62.6 Å². The molecule has 0 saturated heterocycles. The first-order valence-electron chi connectivity index (χ1n) is 5.08. The second kappa shape index (κ2) is 5.99. The van der Waals surface area contributed by atoms with Gasteiger partial charge in [-0.15, -0.1) is 0 Å². The van der Waals surface area contributed by atoms with Crippen LogP contribution in [0.4, 0.5) is 18.6 Å². The van der Waals surface area contributed by atoms with E-state index >= 15 is 0 Å². The van der Waals surface area contributed by atoms with E-state index in [1.165, 1.54) is 6.07 Å². The van der Waals surface area contributed by atoms with E-state index in [1.54, 1.807) is 13.0 Å². The first-order chi connectivity index (χ1) is 8.20. The Bertz CT molecular complexity index is 564. The van der Waals surface area contributed by atoms with Gasteiger partial charge >= 0.3 is 58.4 Å². The van der Waals surface area contributed by atoms with Gasteiger partial charge in [0.2, 0.25) is 0 Å². The van der Waals surface area contributed by atoms with Crippen LogP contribution in [0.25, 0.3) is 0 Å². The normalized spacial score (nSPS) is 14.5. The Kier molecular flexibility index (Phi) is 5.48. The van der Waals surface area contributed by atoms with Gasteiger partial charge in [0, 0.05) is 4.47 Å². The number of aryl methyl sites for hydroxylation is 1. The summed E-state index contributed by atoms with van der Waals surface area (Å²) >= 11 is 3.14. The van der Waals surface area contributed by atoms with Crippen molar-refractivity contribution in [2.24, 2.45) is 0 Å². The molecule has 0 saturated carbocycles. The Labute approximate surface area is 158 Å². The van der Waals surface area contributed by atoms with Gasteiger partial charge in [0.1, 0.15) is 0 Å². The van der Waals surface area contributed by atoms with E-state index in [2.05, 4.69) is 15.9 Å². The summed E-state index contributed by atoms with van der Waals surface area (Å²) in [6, 6.07) is 2.94. The molecule has 1 aromatic carbocycles. The number of ketones is 1. The fourth-order valence-corrected chi connectivity index (χ4v) is 2.56. The van der Waals surface area contributed by atoms with E-state index in [0.29, 0.717) is 14.9 Å². The summed E-state index contributed by atoms with van der Waals surface area (Å²) in [5, 5.41) is 0. The summed E-state index contributed by atoms with van der Waals surface area (Å²) in [6.07, 6.45) is -1.39. The maximum atomic E-state index is 12.5. The van der Waals surface area contributed by atoms with Crippen LogP contribution in [-0.4, -0.2) is 25.1 Å². The predicted octanol–water partition coefficient (Wildman–Crippen LogP) is -0.323. The molecule has 0 fully saturated rings. The summed E-state index contributed by atoms with van der Waals surface area (Å²) < 4.78 is 37.9. The number of nitrogens with zero attached hydrogens (tertiary/aromatic N) is 1. The van der Waals surface area contributed by atoms with Crippen molar-refractivity contribution >= 4 is 40.3 Å². The van der Waals surface area contributed by atoms with Crippen LogP contribution in [0.2, 0.25) is 0 Å².